The molecule has 1 heterocycles. The molecule has 1 aromatic rings. The van der Waals surface area contributed by atoms with E-state index in [1.54, 1.807) is 17.8 Å². The van der Waals surface area contributed by atoms with Gasteiger partial charge in [-0.25, -0.2) is 0 Å². The maximum Gasteiger partial charge on any atom is 0.287 e. The van der Waals surface area contributed by atoms with E-state index in [9.17, 15) is 4.79 Å². The first-order chi connectivity index (χ1) is 8.88. The van der Waals surface area contributed by atoms with E-state index in [0.717, 1.165) is 11.5 Å². The van der Waals surface area contributed by atoms with Crippen LogP contribution in [0.2, 0.25) is 0 Å². The summed E-state index contributed by atoms with van der Waals surface area (Å²) in [6.45, 7) is 6.16. The molecular weight excluding hydrogens is 262 g/mol. The van der Waals surface area contributed by atoms with Crippen LogP contribution in [0.4, 0.5) is 0 Å². The zero-order valence-corrected chi connectivity index (χ0v) is 12.8. The van der Waals surface area contributed by atoms with E-state index >= 15 is 0 Å². The highest BCUT2D eigenvalue weighted by atomic mass is 32.2. The number of carbonyl (C=O) groups excluding carboxylic acids is 1. The molecule has 0 aliphatic rings. The normalized spacial score (nSPS) is 13.3. The quantitative estimate of drug-likeness (QED) is 0.843. The molecule has 0 radical (unpaired) electrons. The smallest absolute Gasteiger partial charge is 0.287 e. The Kier molecular flexibility index (Phi) is 5.94. The van der Waals surface area contributed by atoms with Gasteiger partial charge < -0.3 is 14.8 Å². The molecular formula is C14H23NO3S. The minimum Gasteiger partial charge on any atom is -0.455 e. The second kappa shape index (κ2) is 7.01. The summed E-state index contributed by atoms with van der Waals surface area (Å²) >= 11 is 1.65. The second-order valence-corrected chi connectivity index (χ2v) is 6.47. The molecule has 0 saturated carbocycles. The molecule has 0 bridgehead atoms. The van der Waals surface area contributed by atoms with Gasteiger partial charge in [-0.1, -0.05) is 20.8 Å². The van der Waals surface area contributed by atoms with Crippen molar-refractivity contribution in [3.8, 4) is 0 Å². The third-order valence-corrected chi connectivity index (χ3v) is 3.51. The van der Waals surface area contributed by atoms with Gasteiger partial charge in [0.25, 0.3) is 5.91 Å². The van der Waals surface area contributed by atoms with Gasteiger partial charge in [0.15, 0.2) is 5.76 Å². The van der Waals surface area contributed by atoms with Crippen molar-refractivity contribution in [2.75, 3.05) is 12.9 Å². The second-order valence-electron chi connectivity index (χ2n) is 5.60. The van der Waals surface area contributed by atoms with Crippen molar-refractivity contribution in [1.29, 1.82) is 0 Å². The Balaban J connectivity index is 2.70. The van der Waals surface area contributed by atoms with Crippen LogP contribution in [-0.4, -0.2) is 29.9 Å². The molecule has 4 nitrogen and oxygen atoms in total. The molecule has 5 heteroatoms. The Morgan fingerprint density at radius 1 is 1.47 bits per heavy atom. The predicted octanol–water partition coefficient (Wildman–Crippen LogP) is 2.67. The molecule has 1 atom stereocenters. The van der Waals surface area contributed by atoms with Crippen LogP contribution in [0.25, 0.3) is 0 Å². The number of nitrogens with one attached hydrogen (secondary N) is 1. The number of aliphatic hydroxyl groups is 1. The van der Waals surface area contributed by atoms with Crippen molar-refractivity contribution in [3.63, 3.8) is 0 Å². The minimum absolute atomic E-state index is 0.0537. The van der Waals surface area contributed by atoms with Crippen molar-refractivity contribution in [1.82, 2.24) is 5.32 Å². The van der Waals surface area contributed by atoms with Crippen LogP contribution in [0, 0.1) is 5.41 Å². The Bertz CT molecular complexity index is 409. The number of thioether (sulfide) groups is 1. The zero-order valence-electron chi connectivity index (χ0n) is 12.0. The third kappa shape index (κ3) is 4.91. The van der Waals surface area contributed by atoms with Crippen LogP contribution < -0.4 is 5.32 Å². The number of rotatable bonds is 6. The lowest BCUT2D eigenvalue weighted by molar-refractivity contribution is 0.0855. The highest BCUT2D eigenvalue weighted by molar-refractivity contribution is 7.97. The fourth-order valence-corrected chi connectivity index (χ4v) is 2.24. The summed E-state index contributed by atoms with van der Waals surface area (Å²) in [5, 5.41) is 12.0. The van der Waals surface area contributed by atoms with Gasteiger partial charge in [0.05, 0.1) is 5.75 Å². The first-order valence-electron chi connectivity index (χ1n) is 6.38. The largest absolute Gasteiger partial charge is 0.455 e. The monoisotopic (exact) mass is 285 g/mol. The predicted molar refractivity (Wildman–Crippen MR) is 78.3 cm³/mol. The first kappa shape index (κ1) is 16.1. The van der Waals surface area contributed by atoms with Gasteiger partial charge in [0, 0.05) is 12.6 Å². The Hall–Kier alpha value is -0.940. The summed E-state index contributed by atoms with van der Waals surface area (Å²) in [5.41, 5.74) is -0.104. The van der Waals surface area contributed by atoms with Gasteiger partial charge in [-0.3, -0.25) is 4.79 Å². The fourth-order valence-electron chi connectivity index (χ4n) is 1.80. The summed E-state index contributed by atoms with van der Waals surface area (Å²) in [7, 11) is 0. The average Bonchev–Trinajstić information content (AvgIpc) is 2.76. The number of aliphatic hydroxyl groups excluding tert-OH is 1. The first-order valence-corrected chi connectivity index (χ1v) is 7.77. The number of furan rings is 1. The summed E-state index contributed by atoms with van der Waals surface area (Å²) in [6.07, 6.45) is 2.52. The fraction of sp³-hybridized carbons (Fsp3) is 0.643. The van der Waals surface area contributed by atoms with E-state index in [1.165, 1.54) is 0 Å². The molecule has 0 aliphatic heterocycles. The maximum absolute atomic E-state index is 12.1. The van der Waals surface area contributed by atoms with Crippen LogP contribution in [0.1, 0.15) is 43.5 Å². The number of hydrogen-bond donors (Lipinski definition) is 2. The van der Waals surface area contributed by atoms with Crippen molar-refractivity contribution in [2.24, 2.45) is 5.41 Å². The van der Waals surface area contributed by atoms with E-state index in [0.29, 0.717) is 12.2 Å². The summed E-state index contributed by atoms with van der Waals surface area (Å²) < 4.78 is 5.48. The highest BCUT2D eigenvalue weighted by Gasteiger charge is 2.26. The standard InChI is InChI=1S/C14H23NO3S/c1-14(2,3)12(7-8-16)15-13(17)11-6-5-10(18-11)9-19-4/h5-6,12,16H,7-9H2,1-4H3,(H,15,17). The van der Waals surface area contributed by atoms with Crippen molar-refractivity contribution >= 4 is 17.7 Å². The Morgan fingerprint density at radius 3 is 2.68 bits per heavy atom. The number of hydrogen-bond acceptors (Lipinski definition) is 4. The van der Waals surface area contributed by atoms with Crippen molar-refractivity contribution < 1.29 is 14.3 Å². The molecule has 0 spiro atoms. The van der Waals surface area contributed by atoms with Crippen LogP contribution >= 0.6 is 11.8 Å². The molecule has 1 amide bonds. The van der Waals surface area contributed by atoms with Crippen molar-refractivity contribution in [2.45, 2.75) is 39.0 Å². The molecule has 2 N–H and O–H groups in total. The van der Waals surface area contributed by atoms with E-state index in [1.807, 2.05) is 33.1 Å². The zero-order chi connectivity index (χ0) is 14.5. The summed E-state index contributed by atoms with van der Waals surface area (Å²) in [5.74, 6) is 1.66. The molecule has 19 heavy (non-hydrogen) atoms. The van der Waals surface area contributed by atoms with Crippen LogP contribution in [-0.2, 0) is 5.75 Å². The Labute approximate surface area is 119 Å². The molecule has 108 valence electrons. The van der Waals surface area contributed by atoms with E-state index in [4.69, 9.17) is 9.52 Å². The molecule has 0 aliphatic carbocycles. The van der Waals surface area contributed by atoms with Gasteiger partial charge >= 0.3 is 0 Å². The lowest BCUT2D eigenvalue weighted by Crippen LogP contribution is -2.44. The van der Waals surface area contributed by atoms with Crippen molar-refractivity contribution in [3.05, 3.63) is 23.7 Å². The molecule has 0 fully saturated rings. The lowest BCUT2D eigenvalue weighted by Gasteiger charge is -2.30. The van der Waals surface area contributed by atoms with E-state index < -0.39 is 0 Å². The van der Waals surface area contributed by atoms with Gasteiger partial charge in [0.1, 0.15) is 5.76 Å². The topological polar surface area (TPSA) is 62.5 Å². The third-order valence-electron chi connectivity index (χ3n) is 2.94. The van der Waals surface area contributed by atoms with Gasteiger partial charge in [0.2, 0.25) is 0 Å². The summed E-state index contributed by atoms with van der Waals surface area (Å²) in [6, 6.07) is 3.43. The number of amides is 1. The molecule has 1 aromatic heterocycles. The molecule has 1 rings (SSSR count). The molecule has 1 unspecified atom stereocenters. The SMILES string of the molecule is CSCc1ccc(C(=O)NC(CCO)C(C)(C)C)o1. The van der Waals surface area contributed by atoms with Gasteiger partial charge in [-0.2, -0.15) is 11.8 Å². The van der Waals surface area contributed by atoms with Crippen LogP contribution in [0.3, 0.4) is 0 Å². The maximum atomic E-state index is 12.1. The van der Waals surface area contributed by atoms with Gasteiger partial charge in [-0.05, 0) is 30.2 Å². The lowest BCUT2D eigenvalue weighted by atomic mass is 9.85. The van der Waals surface area contributed by atoms with Gasteiger partial charge in [-0.15, -0.1) is 0 Å². The minimum atomic E-state index is -0.222. The molecule has 0 aromatic carbocycles. The number of carbonyl (C=O) groups is 1. The van der Waals surface area contributed by atoms with E-state index in [-0.39, 0.29) is 24.0 Å². The van der Waals surface area contributed by atoms with Crippen LogP contribution in [0.5, 0.6) is 0 Å². The molecule has 0 saturated heterocycles. The van der Waals surface area contributed by atoms with E-state index in [2.05, 4.69) is 5.32 Å². The highest BCUT2D eigenvalue weighted by Crippen LogP contribution is 2.22. The summed E-state index contributed by atoms with van der Waals surface area (Å²) in [4.78, 5) is 12.1. The Morgan fingerprint density at radius 2 is 2.16 bits per heavy atom. The average molecular weight is 285 g/mol. The van der Waals surface area contributed by atoms with Crippen LogP contribution in [0.15, 0.2) is 16.5 Å².